The number of fused-ring (bicyclic) bond motifs is 1. The largest absolute Gasteiger partial charge is 0.220 e. The van der Waals surface area contributed by atoms with E-state index >= 15 is 0 Å². The molecule has 0 bridgehead atoms. The molecular weight excluding hydrogens is 242 g/mol. The summed E-state index contributed by atoms with van der Waals surface area (Å²) >= 11 is 3.42. The average Bonchev–Trinajstić information content (AvgIpc) is 2.43. The fourth-order valence-corrected chi connectivity index (χ4v) is 2.04. The second kappa shape index (κ2) is 3.05. The minimum atomic E-state index is 0.605. The van der Waals surface area contributed by atoms with E-state index in [1.54, 1.807) is 0 Å². The first kappa shape index (κ1) is 8.41. The second-order valence-electron chi connectivity index (χ2n) is 3.75. The van der Waals surface area contributed by atoms with E-state index in [-0.39, 0.29) is 0 Å². The van der Waals surface area contributed by atoms with Gasteiger partial charge in [0.2, 0.25) is 0 Å². The molecule has 2 aromatic heterocycles. The molecule has 14 heavy (non-hydrogen) atoms. The number of hydrogen-bond acceptors (Lipinski definition) is 2. The number of pyridine rings is 1. The molecular formula is C10H10BrN3. The van der Waals surface area contributed by atoms with Gasteiger partial charge in [-0.15, -0.1) is 0 Å². The predicted molar refractivity (Wildman–Crippen MR) is 57.3 cm³/mol. The molecule has 1 fully saturated rings. The van der Waals surface area contributed by atoms with E-state index in [0.717, 1.165) is 15.9 Å². The van der Waals surface area contributed by atoms with Crippen LogP contribution in [0, 0.1) is 0 Å². The predicted octanol–water partition coefficient (Wildman–Crippen LogP) is 2.76. The monoisotopic (exact) mass is 251 g/mol. The van der Waals surface area contributed by atoms with E-state index in [4.69, 9.17) is 0 Å². The first-order chi connectivity index (χ1) is 6.83. The molecule has 2 aromatic rings. The van der Waals surface area contributed by atoms with Gasteiger partial charge in [0, 0.05) is 16.6 Å². The summed E-state index contributed by atoms with van der Waals surface area (Å²) in [5, 5.41) is 4.47. The maximum absolute atomic E-state index is 4.51. The van der Waals surface area contributed by atoms with Gasteiger partial charge in [0.15, 0.2) is 11.5 Å². The molecule has 0 aromatic carbocycles. The number of hydrogen-bond donors (Lipinski definition) is 0. The Hall–Kier alpha value is -0.900. The topological polar surface area (TPSA) is 30.2 Å². The molecule has 1 aliphatic carbocycles. The molecule has 0 spiro atoms. The van der Waals surface area contributed by atoms with Crippen LogP contribution in [-0.2, 0) is 0 Å². The molecule has 0 atom stereocenters. The van der Waals surface area contributed by atoms with Crippen LogP contribution in [0.2, 0.25) is 0 Å². The third-order valence-corrected chi connectivity index (χ3v) is 3.25. The van der Waals surface area contributed by atoms with Gasteiger partial charge >= 0.3 is 0 Å². The Labute approximate surface area is 90.3 Å². The lowest BCUT2D eigenvalue weighted by atomic mass is 9.85. The molecule has 0 radical (unpaired) electrons. The molecule has 3 nitrogen and oxygen atoms in total. The molecule has 0 amide bonds. The number of nitrogens with zero attached hydrogens (tertiary/aromatic N) is 3. The summed E-state index contributed by atoms with van der Waals surface area (Å²) < 4.78 is 2.88. The van der Waals surface area contributed by atoms with Gasteiger partial charge in [-0.05, 0) is 40.9 Å². The maximum Gasteiger partial charge on any atom is 0.155 e. The van der Waals surface area contributed by atoms with Crippen LogP contribution in [0.15, 0.2) is 22.8 Å². The van der Waals surface area contributed by atoms with Gasteiger partial charge < -0.3 is 0 Å². The molecule has 0 unspecified atom stereocenters. The fraction of sp³-hybridized carbons (Fsp3) is 0.400. The summed E-state index contributed by atoms with van der Waals surface area (Å²) in [6, 6.07) is 3.98. The first-order valence-corrected chi connectivity index (χ1v) is 5.64. The van der Waals surface area contributed by atoms with Crippen molar-refractivity contribution in [3.8, 4) is 0 Å². The van der Waals surface area contributed by atoms with Crippen LogP contribution in [0.25, 0.3) is 5.65 Å². The third-order valence-electron chi connectivity index (χ3n) is 2.78. The first-order valence-electron chi connectivity index (χ1n) is 4.85. The van der Waals surface area contributed by atoms with Crippen molar-refractivity contribution in [1.82, 2.24) is 14.6 Å². The summed E-state index contributed by atoms with van der Waals surface area (Å²) in [4.78, 5) is 4.51. The Morgan fingerprint density at radius 1 is 1.36 bits per heavy atom. The Morgan fingerprint density at radius 3 is 2.93 bits per heavy atom. The SMILES string of the molecule is Brc1ccc2nc(C3CCC3)nn2c1. The molecule has 0 N–H and O–H groups in total. The van der Waals surface area contributed by atoms with Crippen molar-refractivity contribution in [1.29, 1.82) is 0 Å². The normalized spacial score (nSPS) is 17.2. The Balaban J connectivity index is 2.10. The van der Waals surface area contributed by atoms with E-state index in [0.29, 0.717) is 5.92 Å². The quantitative estimate of drug-likeness (QED) is 0.781. The van der Waals surface area contributed by atoms with Crippen LogP contribution in [0.5, 0.6) is 0 Å². The van der Waals surface area contributed by atoms with Crippen molar-refractivity contribution in [2.45, 2.75) is 25.2 Å². The lowest BCUT2D eigenvalue weighted by Gasteiger charge is -2.21. The van der Waals surface area contributed by atoms with Gasteiger partial charge in [-0.1, -0.05) is 6.42 Å². The van der Waals surface area contributed by atoms with E-state index in [1.807, 2.05) is 22.8 Å². The van der Waals surface area contributed by atoms with Gasteiger partial charge in [0.1, 0.15) is 0 Å². The summed E-state index contributed by atoms with van der Waals surface area (Å²) in [5.74, 6) is 1.61. The zero-order valence-electron chi connectivity index (χ0n) is 7.65. The number of aromatic nitrogens is 3. The van der Waals surface area contributed by atoms with Gasteiger partial charge in [-0.25, -0.2) is 9.50 Å². The molecule has 0 aliphatic heterocycles. The highest BCUT2D eigenvalue weighted by molar-refractivity contribution is 9.10. The van der Waals surface area contributed by atoms with E-state index in [2.05, 4.69) is 26.0 Å². The van der Waals surface area contributed by atoms with Gasteiger partial charge in [-0.2, -0.15) is 5.10 Å². The van der Waals surface area contributed by atoms with E-state index in [9.17, 15) is 0 Å². The summed E-state index contributed by atoms with van der Waals surface area (Å²) in [6.07, 6.45) is 5.77. The third kappa shape index (κ3) is 1.25. The standard InChI is InChI=1S/C10H10BrN3/c11-8-4-5-9-12-10(7-2-1-3-7)13-14(9)6-8/h4-7H,1-3H2. The highest BCUT2D eigenvalue weighted by Crippen LogP contribution is 2.34. The van der Waals surface area contributed by atoms with Crippen LogP contribution >= 0.6 is 15.9 Å². The van der Waals surface area contributed by atoms with Crippen LogP contribution in [-0.4, -0.2) is 14.6 Å². The molecule has 0 saturated heterocycles. The Morgan fingerprint density at radius 2 is 2.21 bits per heavy atom. The van der Waals surface area contributed by atoms with Crippen molar-refractivity contribution >= 4 is 21.6 Å². The Kier molecular flexibility index (Phi) is 1.83. The van der Waals surface area contributed by atoms with Crippen molar-refractivity contribution in [2.75, 3.05) is 0 Å². The van der Waals surface area contributed by atoms with Crippen LogP contribution in [0.1, 0.15) is 31.0 Å². The maximum atomic E-state index is 4.51. The molecule has 1 aliphatic rings. The Bertz CT molecular complexity index is 473. The molecule has 1 saturated carbocycles. The van der Waals surface area contributed by atoms with Crippen molar-refractivity contribution in [3.63, 3.8) is 0 Å². The molecule has 72 valence electrons. The van der Waals surface area contributed by atoms with Crippen molar-refractivity contribution in [3.05, 3.63) is 28.6 Å². The summed E-state index contributed by atoms with van der Waals surface area (Å²) in [5.41, 5.74) is 0.940. The van der Waals surface area contributed by atoms with Crippen molar-refractivity contribution < 1.29 is 0 Å². The van der Waals surface area contributed by atoms with Gasteiger partial charge in [0.05, 0.1) is 0 Å². The van der Waals surface area contributed by atoms with Crippen LogP contribution in [0.3, 0.4) is 0 Å². The van der Waals surface area contributed by atoms with E-state index < -0.39 is 0 Å². The zero-order valence-corrected chi connectivity index (χ0v) is 9.24. The smallest absolute Gasteiger partial charge is 0.155 e. The van der Waals surface area contributed by atoms with Gasteiger partial charge in [0.25, 0.3) is 0 Å². The lowest BCUT2D eigenvalue weighted by Crippen LogP contribution is -2.10. The van der Waals surface area contributed by atoms with Crippen LogP contribution in [0.4, 0.5) is 0 Å². The average molecular weight is 252 g/mol. The minimum absolute atomic E-state index is 0.605. The summed E-state index contributed by atoms with van der Waals surface area (Å²) in [7, 11) is 0. The van der Waals surface area contributed by atoms with Crippen LogP contribution < -0.4 is 0 Å². The molecule has 4 heteroatoms. The highest BCUT2D eigenvalue weighted by Gasteiger charge is 2.23. The number of rotatable bonds is 1. The zero-order chi connectivity index (χ0) is 9.54. The van der Waals surface area contributed by atoms with Crippen molar-refractivity contribution in [2.24, 2.45) is 0 Å². The highest BCUT2D eigenvalue weighted by atomic mass is 79.9. The lowest BCUT2D eigenvalue weighted by molar-refractivity contribution is 0.402. The molecule has 3 rings (SSSR count). The number of halogens is 1. The minimum Gasteiger partial charge on any atom is -0.220 e. The molecule has 2 heterocycles. The fourth-order valence-electron chi connectivity index (χ4n) is 1.71. The van der Waals surface area contributed by atoms with Gasteiger partial charge in [-0.3, -0.25) is 0 Å². The second-order valence-corrected chi connectivity index (χ2v) is 4.66. The van der Waals surface area contributed by atoms with E-state index in [1.165, 1.54) is 19.3 Å². The summed E-state index contributed by atoms with van der Waals surface area (Å²) in [6.45, 7) is 0.